The molecule has 56 valence electrons. The molecule has 1 aromatic heterocycles. The lowest BCUT2D eigenvalue weighted by Crippen LogP contribution is -1.99. The summed E-state index contributed by atoms with van der Waals surface area (Å²) >= 11 is 3.22. The lowest BCUT2D eigenvalue weighted by molar-refractivity contribution is 0.265. The van der Waals surface area contributed by atoms with Gasteiger partial charge in [-0.2, -0.15) is 0 Å². The van der Waals surface area contributed by atoms with Crippen molar-refractivity contribution >= 4 is 15.9 Å². The van der Waals surface area contributed by atoms with Crippen LogP contribution >= 0.6 is 15.9 Å². The second kappa shape index (κ2) is 3.16. The lowest BCUT2D eigenvalue weighted by atomic mass is 10.6. The normalized spacial score (nSPS) is 10.3. The molecule has 0 aliphatic carbocycles. The molecular weight excluding hydrogens is 196 g/mol. The van der Waals surface area contributed by atoms with Crippen LogP contribution in [0, 0.1) is 0 Å². The molecule has 1 rings (SSSR count). The Labute approximate surface area is 67.8 Å². The number of rotatable bonds is 2. The zero-order valence-corrected chi connectivity index (χ0v) is 7.30. The van der Waals surface area contributed by atoms with Gasteiger partial charge in [0, 0.05) is 12.7 Å². The number of halogens is 1. The topological polar surface area (TPSA) is 38.0 Å². The fourth-order valence-corrected chi connectivity index (χ4v) is 1.27. The van der Waals surface area contributed by atoms with Crippen molar-refractivity contribution in [2.45, 2.75) is 20.1 Å². The Morgan fingerprint density at radius 2 is 2.50 bits per heavy atom. The first-order valence-corrected chi connectivity index (χ1v) is 3.89. The SMILES string of the molecule is CCn1cc(Br)nc1CO. The summed E-state index contributed by atoms with van der Waals surface area (Å²) in [5.74, 6) is 0.703. The first-order chi connectivity index (χ1) is 4.77. The summed E-state index contributed by atoms with van der Waals surface area (Å²) in [7, 11) is 0. The van der Waals surface area contributed by atoms with E-state index in [0.717, 1.165) is 11.1 Å². The zero-order chi connectivity index (χ0) is 7.56. The van der Waals surface area contributed by atoms with E-state index in [1.54, 1.807) is 0 Å². The molecule has 1 heterocycles. The van der Waals surface area contributed by atoms with Crippen LogP contribution in [-0.2, 0) is 13.2 Å². The molecule has 0 atom stereocenters. The van der Waals surface area contributed by atoms with Crippen molar-refractivity contribution in [2.75, 3.05) is 0 Å². The molecule has 0 aliphatic heterocycles. The first-order valence-electron chi connectivity index (χ1n) is 3.10. The standard InChI is InChI=1S/C6H9BrN2O/c1-2-9-3-5(7)8-6(9)4-10/h3,10H,2,4H2,1H3. The van der Waals surface area contributed by atoms with E-state index < -0.39 is 0 Å². The van der Waals surface area contributed by atoms with E-state index in [2.05, 4.69) is 20.9 Å². The number of hydrogen-bond acceptors (Lipinski definition) is 2. The third-order valence-electron chi connectivity index (χ3n) is 1.31. The highest BCUT2D eigenvalue weighted by Crippen LogP contribution is 2.09. The second-order valence-corrected chi connectivity index (χ2v) is 2.74. The Hall–Kier alpha value is -0.350. The van der Waals surface area contributed by atoms with Crippen LogP contribution in [0.5, 0.6) is 0 Å². The number of aryl methyl sites for hydroxylation is 1. The van der Waals surface area contributed by atoms with Crippen LogP contribution in [0.25, 0.3) is 0 Å². The molecule has 0 amide bonds. The minimum absolute atomic E-state index is 0.000556. The number of nitrogens with zero attached hydrogens (tertiary/aromatic N) is 2. The highest BCUT2D eigenvalue weighted by atomic mass is 79.9. The molecule has 0 bridgehead atoms. The average Bonchev–Trinajstić information content (AvgIpc) is 2.30. The van der Waals surface area contributed by atoms with Crippen LogP contribution in [0.1, 0.15) is 12.7 Å². The van der Waals surface area contributed by atoms with E-state index in [1.165, 1.54) is 0 Å². The summed E-state index contributed by atoms with van der Waals surface area (Å²) in [5, 5.41) is 8.76. The Bertz CT molecular complexity index is 200. The highest BCUT2D eigenvalue weighted by molar-refractivity contribution is 9.10. The molecule has 0 saturated heterocycles. The van der Waals surface area contributed by atoms with Gasteiger partial charge >= 0.3 is 0 Å². The van der Waals surface area contributed by atoms with Gasteiger partial charge in [-0.25, -0.2) is 4.98 Å². The van der Waals surface area contributed by atoms with Gasteiger partial charge in [0.1, 0.15) is 17.0 Å². The van der Waals surface area contributed by atoms with Crippen molar-refractivity contribution in [2.24, 2.45) is 0 Å². The largest absolute Gasteiger partial charge is 0.388 e. The summed E-state index contributed by atoms with van der Waals surface area (Å²) < 4.78 is 2.67. The van der Waals surface area contributed by atoms with E-state index in [0.29, 0.717) is 5.82 Å². The first kappa shape index (κ1) is 7.75. The molecule has 0 fully saturated rings. The number of aliphatic hydroxyl groups excluding tert-OH is 1. The van der Waals surface area contributed by atoms with E-state index >= 15 is 0 Å². The third kappa shape index (κ3) is 1.38. The van der Waals surface area contributed by atoms with Crippen LogP contribution in [0.4, 0.5) is 0 Å². The van der Waals surface area contributed by atoms with Crippen LogP contribution in [0.15, 0.2) is 10.8 Å². The Kier molecular flexibility index (Phi) is 2.45. The van der Waals surface area contributed by atoms with Gasteiger partial charge in [0.25, 0.3) is 0 Å². The number of aliphatic hydroxyl groups is 1. The van der Waals surface area contributed by atoms with E-state index in [1.807, 2.05) is 17.7 Å². The van der Waals surface area contributed by atoms with Gasteiger partial charge in [0.05, 0.1) is 0 Å². The average molecular weight is 205 g/mol. The highest BCUT2D eigenvalue weighted by Gasteiger charge is 2.01. The summed E-state index contributed by atoms with van der Waals surface area (Å²) in [6, 6.07) is 0. The fourth-order valence-electron chi connectivity index (χ4n) is 0.819. The maximum absolute atomic E-state index is 8.76. The summed E-state index contributed by atoms with van der Waals surface area (Å²) in [5.41, 5.74) is 0. The van der Waals surface area contributed by atoms with Crippen molar-refractivity contribution in [1.82, 2.24) is 9.55 Å². The van der Waals surface area contributed by atoms with Crippen LogP contribution in [-0.4, -0.2) is 14.7 Å². The number of imidazole rings is 1. The quantitative estimate of drug-likeness (QED) is 0.786. The van der Waals surface area contributed by atoms with Gasteiger partial charge in [0.2, 0.25) is 0 Å². The Morgan fingerprint density at radius 1 is 1.80 bits per heavy atom. The van der Waals surface area contributed by atoms with Gasteiger partial charge in [-0.3, -0.25) is 0 Å². The fraction of sp³-hybridized carbons (Fsp3) is 0.500. The Morgan fingerprint density at radius 3 is 2.90 bits per heavy atom. The van der Waals surface area contributed by atoms with Gasteiger partial charge < -0.3 is 9.67 Å². The maximum Gasteiger partial charge on any atom is 0.135 e. The predicted molar refractivity (Wildman–Crippen MR) is 41.5 cm³/mol. The van der Waals surface area contributed by atoms with Crippen LogP contribution < -0.4 is 0 Å². The minimum Gasteiger partial charge on any atom is -0.388 e. The van der Waals surface area contributed by atoms with E-state index in [-0.39, 0.29) is 6.61 Å². The summed E-state index contributed by atoms with van der Waals surface area (Å²) in [4.78, 5) is 4.03. The molecule has 0 spiro atoms. The van der Waals surface area contributed by atoms with Crippen molar-refractivity contribution < 1.29 is 5.11 Å². The molecule has 0 aromatic carbocycles. The van der Waals surface area contributed by atoms with Crippen molar-refractivity contribution in [3.8, 4) is 0 Å². The monoisotopic (exact) mass is 204 g/mol. The molecule has 4 heteroatoms. The predicted octanol–water partition coefficient (Wildman–Crippen LogP) is 1.16. The lowest BCUT2D eigenvalue weighted by Gasteiger charge is -1.98. The van der Waals surface area contributed by atoms with Crippen molar-refractivity contribution in [3.05, 3.63) is 16.6 Å². The molecule has 0 unspecified atom stereocenters. The molecule has 3 nitrogen and oxygen atoms in total. The second-order valence-electron chi connectivity index (χ2n) is 1.92. The number of hydrogen-bond donors (Lipinski definition) is 1. The molecule has 1 N–H and O–H groups in total. The van der Waals surface area contributed by atoms with Gasteiger partial charge in [-0.15, -0.1) is 0 Å². The van der Waals surface area contributed by atoms with Gasteiger partial charge in [-0.05, 0) is 22.9 Å². The molecular formula is C6H9BrN2O. The van der Waals surface area contributed by atoms with Crippen LogP contribution in [0.2, 0.25) is 0 Å². The molecule has 10 heavy (non-hydrogen) atoms. The van der Waals surface area contributed by atoms with E-state index in [9.17, 15) is 0 Å². The molecule has 0 aliphatic rings. The van der Waals surface area contributed by atoms with Crippen LogP contribution in [0.3, 0.4) is 0 Å². The zero-order valence-electron chi connectivity index (χ0n) is 5.71. The van der Waals surface area contributed by atoms with Crippen molar-refractivity contribution in [1.29, 1.82) is 0 Å². The molecule has 1 aromatic rings. The van der Waals surface area contributed by atoms with Crippen molar-refractivity contribution in [3.63, 3.8) is 0 Å². The Balaban J connectivity index is 2.96. The molecule has 0 saturated carbocycles. The summed E-state index contributed by atoms with van der Waals surface area (Å²) in [6.45, 7) is 2.85. The maximum atomic E-state index is 8.76. The minimum atomic E-state index is -0.000556. The smallest absolute Gasteiger partial charge is 0.135 e. The van der Waals surface area contributed by atoms with Gasteiger partial charge in [-0.1, -0.05) is 0 Å². The van der Waals surface area contributed by atoms with E-state index in [4.69, 9.17) is 5.11 Å². The molecule has 0 radical (unpaired) electrons. The summed E-state index contributed by atoms with van der Waals surface area (Å²) in [6.07, 6.45) is 1.85. The van der Waals surface area contributed by atoms with Gasteiger partial charge in [0.15, 0.2) is 0 Å². The third-order valence-corrected chi connectivity index (χ3v) is 1.69. The number of aromatic nitrogens is 2.